The van der Waals surface area contributed by atoms with E-state index in [-0.39, 0.29) is 5.69 Å². The molecule has 25 heavy (non-hydrogen) atoms. The first-order valence-corrected chi connectivity index (χ1v) is 7.16. The molecule has 132 valence electrons. The van der Waals surface area contributed by atoms with E-state index < -0.39 is 21.9 Å². The molecule has 0 saturated heterocycles. The fourth-order valence-corrected chi connectivity index (χ4v) is 2.33. The molecule has 1 aromatic carbocycles. The fourth-order valence-electron chi connectivity index (χ4n) is 2.33. The van der Waals surface area contributed by atoms with Crippen LogP contribution in [0.2, 0.25) is 0 Å². The van der Waals surface area contributed by atoms with Crippen molar-refractivity contribution >= 4 is 17.8 Å². The Balaban J connectivity index is 2.65. The van der Waals surface area contributed by atoms with Gasteiger partial charge in [0, 0.05) is 25.7 Å². The van der Waals surface area contributed by atoms with Gasteiger partial charge in [-0.1, -0.05) is 0 Å². The highest BCUT2D eigenvalue weighted by Gasteiger charge is 2.23. The van der Waals surface area contributed by atoms with Crippen molar-refractivity contribution in [3.05, 3.63) is 60.4 Å². The highest BCUT2D eigenvalue weighted by molar-refractivity contribution is 5.74. The summed E-state index contributed by atoms with van der Waals surface area (Å²) in [5, 5.41) is 11.3. The van der Waals surface area contributed by atoms with Crippen LogP contribution in [0.25, 0.3) is 12.2 Å². The van der Waals surface area contributed by atoms with E-state index in [1.807, 2.05) is 0 Å². The van der Waals surface area contributed by atoms with Crippen molar-refractivity contribution in [3.63, 3.8) is 0 Å². The van der Waals surface area contributed by atoms with Gasteiger partial charge in [0.25, 0.3) is 0 Å². The summed E-state index contributed by atoms with van der Waals surface area (Å²) in [5.74, 6) is 1.06. The molecule has 0 bridgehead atoms. The number of rotatable bonds is 5. The van der Waals surface area contributed by atoms with Crippen LogP contribution in [0.3, 0.4) is 0 Å². The van der Waals surface area contributed by atoms with Gasteiger partial charge in [0.05, 0.1) is 19.1 Å². The number of benzene rings is 1. The highest BCUT2D eigenvalue weighted by atomic mass is 16.6. The van der Waals surface area contributed by atoms with Crippen LogP contribution < -0.4 is 20.7 Å². The van der Waals surface area contributed by atoms with Gasteiger partial charge >= 0.3 is 16.9 Å². The average Bonchev–Trinajstić information content (AvgIpc) is 2.61. The van der Waals surface area contributed by atoms with Gasteiger partial charge in [-0.2, -0.15) is 0 Å². The summed E-state index contributed by atoms with van der Waals surface area (Å²) < 4.78 is 12.1. The van der Waals surface area contributed by atoms with Crippen LogP contribution in [0.1, 0.15) is 11.3 Å². The van der Waals surface area contributed by atoms with Crippen LogP contribution >= 0.6 is 0 Å². The maximum atomic E-state index is 12.1. The van der Waals surface area contributed by atoms with Crippen molar-refractivity contribution in [1.29, 1.82) is 0 Å². The third-order valence-electron chi connectivity index (χ3n) is 3.73. The third-order valence-corrected chi connectivity index (χ3v) is 3.73. The smallest absolute Gasteiger partial charge is 0.357 e. The maximum absolute atomic E-state index is 12.1. The molecule has 2 aromatic rings. The molecule has 0 aliphatic rings. The lowest BCUT2D eigenvalue weighted by molar-refractivity contribution is -0.387. The van der Waals surface area contributed by atoms with Crippen LogP contribution in [-0.2, 0) is 14.1 Å². The fraction of sp³-hybridized carbons (Fsp3) is 0.250. The summed E-state index contributed by atoms with van der Waals surface area (Å²) in [5.41, 5.74) is -1.79. The number of nitro groups is 1. The zero-order valence-electron chi connectivity index (χ0n) is 14.2. The minimum atomic E-state index is -0.963. The summed E-state index contributed by atoms with van der Waals surface area (Å²) in [7, 11) is 5.54. The second kappa shape index (κ2) is 7.04. The normalized spacial score (nSPS) is 10.9. The van der Waals surface area contributed by atoms with Crippen molar-refractivity contribution in [3.8, 4) is 11.5 Å². The average molecular weight is 347 g/mol. The minimum Gasteiger partial charge on any atom is -0.497 e. The first-order valence-electron chi connectivity index (χ1n) is 7.16. The van der Waals surface area contributed by atoms with E-state index in [0.717, 1.165) is 4.57 Å². The molecule has 9 nitrogen and oxygen atoms in total. The van der Waals surface area contributed by atoms with Gasteiger partial charge in [0.1, 0.15) is 17.2 Å². The first-order chi connectivity index (χ1) is 11.8. The van der Waals surface area contributed by atoms with E-state index in [9.17, 15) is 19.7 Å². The Labute approximate surface area is 142 Å². The van der Waals surface area contributed by atoms with Gasteiger partial charge in [0.2, 0.25) is 0 Å². The summed E-state index contributed by atoms with van der Waals surface area (Å²) in [6.07, 6.45) is 2.87. The molecule has 2 rings (SSSR count). The van der Waals surface area contributed by atoms with E-state index in [2.05, 4.69) is 0 Å². The van der Waals surface area contributed by atoms with Gasteiger partial charge < -0.3 is 9.47 Å². The zero-order chi connectivity index (χ0) is 18.7. The van der Waals surface area contributed by atoms with Crippen LogP contribution in [0.4, 0.5) is 5.69 Å². The maximum Gasteiger partial charge on any atom is 0.357 e. The lowest BCUT2D eigenvalue weighted by Gasteiger charge is -2.09. The molecule has 0 spiro atoms. The highest BCUT2D eigenvalue weighted by Crippen LogP contribution is 2.26. The van der Waals surface area contributed by atoms with Crippen LogP contribution in [0.5, 0.6) is 11.5 Å². The molecule has 1 aromatic heterocycles. The van der Waals surface area contributed by atoms with Crippen molar-refractivity contribution in [1.82, 2.24) is 9.13 Å². The Morgan fingerprint density at radius 3 is 2.32 bits per heavy atom. The van der Waals surface area contributed by atoms with Gasteiger partial charge in [-0.15, -0.1) is 0 Å². The largest absolute Gasteiger partial charge is 0.497 e. The van der Waals surface area contributed by atoms with Crippen LogP contribution in [0.15, 0.2) is 27.8 Å². The van der Waals surface area contributed by atoms with Gasteiger partial charge in [0.15, 0.2) is 0 Å². The number of ether oxygens (including phenoxy) is 2. The molecule has 0 aliphatic carbocycles. The van der Waals surface area contributed by atoms with E-state index in [1.165, 1.54) is 40.5 Å². The molecule has 0 amide bonds. The Kier molecular flexibility index (Phi) is 5.06. The SMILES string of the molecule is COc1ccc(C=Cc2c([N+](=O)[O-])c(=O)n(C)c(=O)n2C)c(OC)c1. The summed E-state index contributed by atoms with van der Waals surface area (Å²) >= 11 is 0. The van der Waals surface area contributed by atoms with E-state index in [1.54, 1.807) is 18.2 Å². The quantitative estimate of drug-likeness (QED) is 0.594. The van der Waals surface area contributed by atoms with Gasteiger partial charge in [-0.25, -0.2) is 4.79 Å². The monoisotopic (exact) mass is 347 g/mol. The van der Waals surface area contributed by atoms with Crippen molar-refractivity contribution in [2.24, 2.45) is 14.1 Å². The lowest BCUT2D eigenvalue weighted by Crippen LogP contribution is -2.39. The Bertz CT molecular complexity index is 971. The van der Waals surface area contributed by atoms with Crippen LogP contribution in [-0.4, -0.2) is 28.3 Å². The topological polar surface area (TPSA) is 106 Å². The molecule has 0 radical (unpaired) electrons. The number of methoxy groups -OCH3 is 2. The first kappa shape index (κ1) is 18.0. The minimum absolute atomic E-state index is 0.101. The molecule has 0 fully saturated rings. The Morgan fingerprint density at radius 1 is 1.08 bits per heavy atom. The second-order valence-corrected chi connectivity index (χ2v) is 5.14. The predicted molar refractivity (Wildman–Crippen MR) is 92.1 cm³/mol. The standard InChI is InChI=1S/C16H17N3O6/c1-17-12(14(19(22)23)15(20)18(2)16(17)21)8-6-10-5-7-11(24-3)9-13(10)25-4/h5-9H,1-4H3. The van der Waals surface area contributed by atoms with E-state index >= 15 is 0 Å². The lowest BCUT2D eigenvalue weighted by atomic mass is 10.1. The number of aromatic nitrogens is 2. The number of hydrogen-bond donors (Lipinski definition) is 0. The van der Waals surface area contributed by atoms with Gasteiger partial charge in [-0.3, -0.25) is 24.0 Å². The summed E-state index contributed by atoms with van der Waals surface area (Å²) in [6.45, 7) is 0. The molecule has 0 atom stereocenters. The second-order valence-electron chi connectivity index (χ2n) is 5.14. The molecule has 0 N–H and O–H groups in total. The molecule has 0 unspecified atom stereocenters. The van der Waals surface area contributed by atoms with Crippen molar-refractivity contribution < 1.29 is 14.4 Å². The summed E-state index contributed by atoms with van der Waals surface area (Å²) in [6, 6.07) is 5.04. The molecular formula is C16H17N3O6. The number of nitrogens with zero attached hydrogens (tertiary/aromatic N) is 3. The van der Waals surface area contributed by atoms with Gasteiger partial charge in [-0.05, 0) is 24.3 Å². The van der Waals surface area contributed by atoms with Crippen molar-refractivity contribution in [2.75, 3.05) is 14.2 Å². The third kappa shape index (κ3) is 3.30. The van der Waals surface area contributed by atoms with Crippen LogP contribution in [0, 0.1) is 10.1 Å². The summed E-state index contributed by atoms with van der Waals surface area (Å²) in [4.78, 5) is 34.6. The van der Waals surface area contributed by atoms with E-state index in [4.69, 9.17) is 9.47 Å². The molecular weight excluding hydrogens is 330 g/mol. The predicted octanol–water partition coefficient (Wildman–Crippen LogP) is 1.18. The molecule has 0 aliphatic heterocycles. The zero-order valence-corrected chi connectivity index (χ0v) is 14.2. The van der Waals surface area contributed by atoms with E-state index in [0.29, 0.717) is 21.6 Å². The Morgan fingerprint density at radius 2 is 1.76 bits per heavy atom. The molecule has 1 heterocycles. The molecule has 0 saturated carbocycles. The van der Waals surface area contributed by atoms with Crippen molar-refractivity contribution in [2.45, 2.75) is 0 Å². The molecule has 9 heteroatoms. The number of hydrogen-bond acceptors (Lipinski definition) is 6. The Hall–Kier alpha value is -3.36.